The van der Waals surface area contributed by atoms with Crippen molar-refractivity contribution in [2.45, 2.75) is 13.3 Å². The Bertz CT molecular complexity index is 217. The topological polar surface area (TPSA) is 75.6 Å². The zero-order chi connectivity index (χ0) is 10.3. The molecule has 0 aromatic carbocycles. The SMILES string of the molecule is C=C(C)C(=O)NCCCO[PH](=O)O. The maximum Gasteiger partial charge on any atom is 0.316 e. The van der Waals surface area contributed by atoms with Crippen LogP contribution in [0.2, 0.25) is 0 Å². The Morgan fingerprint density at radius 1 is 1.69 bits per heavy atom. The van der Waals surface area contributed by atoms with Gasteiger partial charge in [0.15, 0.2) is 0 Å². The molecule has 1 unspecified atom stereocenters. The number of amides is 1. The van der Waals surface area contributed by atoms with Gasteiger partial charge in [0.05, 0.1) is 6.61 Å². The van der Waals surface area contributed by atoms with Crippen LogP contribution in [0.3, 0.4) is 0 Å². The molecule has 0 aliphatic heterocycles. The van der Waals surface area contributed by atoms with Crippen LogP contribution >= 0.6 is 8.25 Å². The zero-order valence-electron chi connectivity index (χ0n) is 7.50. The van der Waals surface area contributed by atoms with E-state index in [9.17, 15) is 9.36 Å². The van der Waals surface area contributed by atoms with Gasteiger partial charge < -0.3 is 14.7 Å². The highest BCUT2D eigenvalue weighted by atomic mass is 31.1. The Kier molecular flexibility index (Phi) is 6.49. The summed E-state index contributed by atoms with van der Waals surface area (Å²) < 4.78 is 14.5. The monoisotopic (exact) mass is 207 g/mol. The molecule has 0 aromatic rings. The molecule has 1 atom stereocenters. The van der Waals surface area contributed by atoms with Crippen LogP contribution in [0.25, 0.3) is 0 Å². The molecule has 0 saturated heterocycles. The molecule has 0 spiro atoms. The molecule has 0 saturated carbocycles. The van der Waals surface area contributed by atoms with Crippen molar-refractivity contribution in [3.8, 4) is 0 Å². The fourth-order valence-electron chi connectivity index (χ4n) is 0.584. The van der Waals surface area contributed by atoms with Gasteiger partial charge in [0.1, 0.15) is 0 Å². The summed E-state index contributed by atoms with van der Waals surface area (Å²) in [6.45, 7) is 5.65. The van der Waals surface area contributed by atoms with Gasteiger partial charge >= 0.3 is 8.25 Å². The van der Waals surface area contributed by atoms with Gasteiger partial charge in [-0.05, 0) is 13.3 Å². The van der Waals surface area contributed by atoms with Crippen LogP contribution in [-0.2, 0) is 13.9 Å². The van der Waals surface area contributed by atoms with Crippen molar-refractivity contribution in [3.05, 3.63) is 12.2 Å². The Balaban J connectivity index is 3.31. The van der Waals surface area contributed by atoms with Gasteiger partial charge in [-0.1, -0.05) is 6.58 Å². The van der Waals surface area contributed by atoms with E-state index in [4.69, 9.17) is 4.89 Å². The van der Waals surface area contributed by atoms with Gasteiger partial charge in [-0.3, -0.25) is 9.36 Å². The summed E-state index contributed by atoms with van der Waals surface area (Å²) in [7, 11) is -2.83. The highest BCUT2D eigenvalue weighted by Crippen LogP contribution is 2.13. The molecule has 6 heteroatoms. The summed E-state index contributed by atoms with van der Waals surface area (Å²) in [4.78, 5) is 19.2. The van der Waals surface area contributed by atoms with E-state index >= 15 is 0 Å². The molecule has 0 aliphatic carbocycles. The van der Waals surface area contributed by atoms with E-state index in [1.165, 1.54) is 0 Å². The van der Waals surface area contributed by atoms with Crippen molar-refractivity contribution < 1.29 is 18.8 Å². The van der Waals surface area contributed by atoms with Crippen LogP contribution in [0, 0.1) is 0 Å². The molecule has 0 aromatic heterocycles. The molecule has 0 rings (SSSR count). The molecular formula is C7H14NO4P. The normalized spacial score (nSPS) is 12.2. The predicted octanol–water partition coefficient (Wildman–Crippen LogP) is 0.467. The molecule has 0 radical (unpaired) electrons. The summed E-state index contributed by atoms with van der Waals surface area (Å²) in [6.07, 6.45) is 0.510. The van der Waals surface area contributed by atoms with Crippen LogP contribution in [0.5, 0.6) is 0 Å². The lowest BCUT2D eigenvalue weighted by Crippen LogP contribution is -2.25. The maximum absolute atomic E-state index is 10.9. The van der Waals surface area contributed by atoms with Crippen molar-refractivity contribution in [2.75, 3.05) is 13.2 Å². The first-order valence-corrected chi connectivity index (χ1v) is 5.10. The second-order valence-electron chi connectivity index (χ2n) is 2.50. The van der Waals surface area contributed by atoms with E-state index < -0.39 is 8.25 Å². The van der Waals surface area contributed by atoms with Gasteiger partial charge in [0.2, 0.25) is 5.91 Å². The lowest BCUT2D eigenvalue weighted by Gasteiger charge is -2.03. The molecule has 0 aliphatic rings. The Labute approximate surface area is 77.7 Å². The third kappa shape index (κ3) is 7.71. The number of rotatable bonds is 6. The minimum Gasteiger partial charge on any atom is -0.352 e. The smallest absolute Gasteiger partial charge is 0.316 e. The van der Waals surface area contributed by atoms with Gasteiger partial charge in [-0.2, -0.15) is 0 Å². The van der Waals surface area contributed by atoms with Gasteiger partial charge in [-0.25, -0.2) is 0 Å². The van der Waals surface area contributed by atoms with E-state index in [-0.39, 0.29) is 12.5 Å². The predicted molar refractivity (Wildman–Crippen MR) is 49.6 cm³/mol. The van der Waals surface area contributed by atoms with Gasteiger partial charge in [0.25, 0.3) is 0 Å². The molecule has 5 nitrogen and oxygen atoms in total. The number of hydrogen-bond donors (Lipinski definition) is 2. The fraction of sp³-hybridized carbons (Fsp3) is 0.571. The van der Waals surface area contributed by atoms with Gasteiger partial charge in [-0.15, -0.1) is 0 Å². The number of nitrogens with one attached hydrogen (secondary N) is 1. The lowest BCUT2D eigenvalue weighted by atomic mass is 10.3. The van der Waals surface area contributed by atoms with E-state index in [1.807, 2.05) is 0 Å². The Hall–Kier alpha value is -0.640. The first kappa shape index (κ1) is 12.4. The first-order valence-electron chi connectivity index (χ1n) is 3.83. The Morgan fingerprint density at radius 3 is 2.77 bits per heavy atom. The molecular weight excluding hydrogens is 193 g/mol. The highest BCUT2D eigenvalue weighted by Gasteiger charge is 1.99. The minimum atomic E-state index is -2.83. The first-order chi connectivity index (χ1) is 6.04. The second kappa shape index (κ2) is 6.83. The standard InChI is InChI=1S/C7H14NO4P/c1-6(2)7(9)8-4-3-5-12-13(10)11/h13H,1,3-5H2,2H3,(H,8,9)(H,10,11). The largest absolute Gasteiger partial charge is 0.352 e. The molecule has 0 fully saturated rings. The van der Waals surface area contributed by atoms with Crippen LogP contribution in [-0.4, -0.2) is 24.0 Å². The third-order valence-corrected chi connectivity index (χ3v) is 1.67. The van der Waals surface area contributed by atoms with Gasteiger partial charge in [0, 0.05) is 12.1 Å². The molecule has 2 N–H and O–H groups in total. The van der Waals surface area contributed by atoms with Crippen molar-refractivity contribution in [2.24, 2.45) is 0 Å². The Morgan fingerprint density at radius 2 is 2.31 bits per heavy atom. The molecule has 13 heavy (non-hydrogen) atoms. The van der Waals surface area contributed by atoms with E-state index in [1.54, 1.807) is 6.92 Å². The summed E-state index contributed by atoms with van der Waals surface area (Å²) in [5.41, 5.74) is 0.441. The minimum absolute atomic E-state index is 0.171. The third-order valence-electron chi connectivity index (χ3n) is 1.22. The summed E-state index contributed by atoms with van der Waals surface area (Å²) in [5.74, 6) is -0.211. The zero-order valence-corrected chi connectivity index (χ0v) is 8.50. The summed E-state index contributed by atoms with van der Waals surface area (Å²) in [6, 6.07) is 0. The van der Waals surface area contributed by atoms with Crippen LogP contribution < -0.4 is 5.32 Å². The molecule has 1 amide bonds. The van der Waals surface area contributed by atoms with Crippen molar-refractivity contribution in [1.82, 2.24) is 5.32 Å². The highest BCUT2D eigenvalue weighted by molar-refractivity contribution is 7.32. The lowest BCUT2D eigenvalue weighted by molar-refractivity contribution is -0.117. The molecule has 0 heterocycles. The van der Waals surface area contributed by atoms with Crippen molar-refractivity contribution >= 4 is 14.2 Å². The molecule has 0 bridgehead atoms. The van der Waals surface area contributed by atoms with Crippen LogP contribution in [0.4, 0.5) is 0 Å². The van der Waals surface area contributed by atoms with E-state index in [2.05, 4.69) is 16.4 Å². The van der Waals surface area contributed by atoms with E-state index in [0.29, 0.717) is 18.5 Å². The maximum atomic E-state index is 10.9. The van der Waals surface area contributed by atoms with E-state index in [0.717, 1.165) is 0 Å². The van der Waals surface area contributed by atoms with Crippen molar-refractivity contribution in [3.63, 3.8) is 0 Å². The average Bonchev–Trinajstić information content (AvgIpc) is 2.02. The quantitative estimate of drug-likeness (QED) is 0.377. The second-order valence-corrected chi connectivity index (χ2v) is 3.32. The molecule has 76 valence electrons. The van der Waals surface area contributed by atoms with Crippen LogP contribution in [0.15, 0.2) is 12.2 Å². The fourth-order valence-corrected chi connectivity index (χ4v) is 0.903. The number of carbonyl (C=O) groups is 1. The van der Waals surface area contributed by atoms with Crippen LogP contribution in [0.1, 0.15) is 13.3 Å². The number of carbonyl (C=O) groups excluding carboxylic acids is 1. The summed E-state index contributed by atoms with van der Waals surface area (Å²) in [5, 5.41) is 2.56. The van der Waals surface area contributed by atoms with Crippen molar-refractivity contribution in [1.29, 1.82) is 0 Å². The average molecular weight is 207 g/mol. The number of hydrogen-bond acceptors (Lipinski definition) is 3. The summed E-state index contributed by atoms with van der Waals surface area (Å²) >= 11 is 0.